The first-order valence-corrected chi connectivity index (χ1v) is 4.54. The minimum absolute atomic E-state index is 0.221. The molecule has 0 unspecified atom stereocenters. The van der Waals surface area contributed by atoms with E-state index in [1.807, 2.05) is 0 Å². The Hall–Kier alpha value is -1.59. The van der Waals surface area contributed by atoms with Crippen molar-refractivity contribution in [3.8, 4) is 0 Å². The minimum Gasteiger partial charge on any atom is -0.467 e. The average Bonchev–Trinajstić information content (AvgIpc) is 2.16. The van der Waals surface area contributed by atoms with Crippen LogP contribution in [0.1, 0.15) is 20.3 Å². The average molecular weight is 217 g/mol. The standard InChI is InChI=1S/C9H15NO5/c1-4-15-8(12)5-7(11)10-6(2)9(13)14-3/h6H,4-5H2,1-3H3,(H,10,11)/t6-/m0/s1. The molecule has 0 aromatic carbocycles. The van der Waals surface area contributed by atoms with Gasteiger partial charge < -0.3 is 14.8 Å². The predicted octanol–water partition coefficient (Wildman–Crippen LogP) is -0.383. The zero-order chi connectivity index (χ0) is 11.8. The van der Waals surface area contributed by atoms with E-state index in [1.165, 1.54) is 14.0 Å². The van der Waals surface area contributed by atoms with Gasteiger partial charge in [-0.15, -0.1) is 0 Å². The number of carbonyl (C=O) groups is 3. The van der Waals surface area contributed by atoms with Crippen LogP contribution in [0.4, 0.5) is 0 Å². The van der Waals surface area contributed by atoms with Crippen molar-refractivity contribution < 1.29 is 23.9 Å². The summed E-state index contributed by atoms with van der Waals surface area (Å²) in [4.78, 5) is 32.9. The zero-order valence-corrected chi connectivity index (χ0v) is 9.03. The van der Waals surface area contributed by atoms with Gasteiger partial charge in [0.15, 0.2) is 0 Å². The van der Waals surface area contributed by atoms with Gasteiger partial charge in [0.25, 0.3) is 0 Å². The molecule has 6 heteroatoms. The molecule has 15 heavy (non-hydrogen) atoms. The summed E-state index contributed by atoms with van der Waals surface area (Å²) >= 11 is 0. The number of rotatable bonds is 5. The number of amides is 1. The molecule has 1 N–H and O–H groups in total. The van der Waals surface area contributed by atoms with Crippen molar-refractivity contribution in [2.24, 2.45) is 0 Å². The monoisotopic (exact) mass is 217 g/mol. The Morgan fingerprint density at radius 1 is 1.33 bits per heavy atom. The van der Waals surface area contributed by atoms with Crippen LogP contribution < -0.4 is 5.32 Å². The van der Waals surface area contributed by atoms with Crippen molar-refractivity contribution in [3.63, 3.8) is 0 Å². The van der Waals surface area contributed by atoms with Crippen molar-refractivity contribution in [1.29, 1.82) is 0 Å². The van der Waals surface area contributed by atoms with Gasteiger partial charge in [-0.25, -0.2) is 4.79 Å². The Balaban J connectivity index is 3.93. The number of ether oxygens (including phenoxy) is 2. The Morgan fingerprint density at radius 2 is 1.93 bits per heavy atom. The molecule has 0 aliphatic heterocycles. The fraction of sp³-hybridized carbons (Fsp3) is 0.667. The highest BCUT2D eigenvalue weighted by Crippen LogP contribution is 1.90. The van der Waals surface area contributed by atoms with E-state index < -0.39 is 30.3 Å². The Bertz CT molecular complexity index is 251. The van der Waals surface area contributed by atoms with E-state index in [9.17, 15) is 14.4 Å². The van der Waals surface area contributed by atoms with Crippen molar-refractivity contribution in [2.45, 2.75) is 26.3 Å². The third-order valence-corrected chi connectivity index (χ3v) is 1.54. The summed E-state index contributed by atoms with van der Waals surface area (Å²) in [6, 6.07) is -0.767. The van der Waals surface area contributed by atoms with E-state index in [0.717, 1.165) is 0 Å². The first kappa shape index (κ1) is 13.4. The number of hydrogen-bond acceptors (Lipinski definition) is 5. The molecule has 1 atom stereocenters. The summed E-state index contributed by atoms with van der Waals surface area (Å²) in [6.07, 6.45) is -0.394. The highest BCUT2D eigenvalue weighted by Gasteiger charge is 2.17. The summed E-state index contributed by atoms with van der Waals surface area (Å²) in [6.45, 7) is 3.33. The van der Waals surface area contributed by atoms with Gasteiger partial charge in [-0.2, -0.15) is 0 Å². The summed E-state index contributed by atoms with van der Waals surface area (Å²) in [5.41, 5.74) is 0. The van der Waals surface area contributed by atoms with Crippen LogP contribution in [0.2, 0.25) is 0 Å². The number of esters is 2. The maximum atomic E-state index is 11.1. The molecule has 0 fully saturated rings. The number of hydrogen-bond donors (Lipinski definition) is 1. The first-order chi connectivity index (χ1) is 7.01. The van der Waals surface area contributed by atoms with Crippen molar-refractivity contribution in [2.75, 3.05) is 13.7 Å². The van der Waals surface area contributed by atoms with Gasteiger partial charge in [-0.1, -0.05) is 0 Å². The van der Waals surface area contributed by atoms with Crippen molar-refractivity contribution >= 4 is 17.8 Å². The smallest absolute Gasteiger partial charge is 0.328 e. The van der Waals surface area contributed by atoms with Gasteiger partial charge in [0.2, 0.25) is 5.91 Å². The van der Waals surface area contributed by atoms with E-state index in [4.69, 9.17) is 0 Å². The molecule has 0 aromatic rings. The zero-order valence-electron chi connectivity index (χ0n) is 9.03. The van der Waals surface area contributed by atoms with E-state index in [1.54, 1.807) is 6.92 Å². The predicted molar refractivity (Wildman–Crippen MR) is 50.9 cm³/mol. The fourth-order valence-electron chi connectivity index (χ4n) is 0.871. The molecule has 86 valence electrons. The summed E-state index contributed by atoms with van der Waals surface area (Å²) in [7, 11) is 1.22. The van der Waals surface area contributed by atoms with Crippen LogP contribution in [0.15, 0.2) is 0 Å². The van der Waals surface area contributed by atoms with Crippen molar-refractivity contribution in [1.82, 2.24) is 5.32 Å². The maximum absolute atomic E-state index is 11.1. The van der Waals surface area contributed by atoms with E-state index in [-0.39, 0.29) is 6.61 Å². The van der Waals surface area contributed by atoms with Crippen LogP contribution in [0.5, 0.6) is 0 Å². The highest BCUT2D eigenvalue weighted by atomic mass is 16.5. The quantitative estimate of drug-likeness (QED) is 0.501. The van der Waals surface area contributed by atoms with Gasteiger partial charge in [0.1, 0.15) is 12.5 Å². The van der Waals surface area contributed by atoms with Gasteiger partial charge in [0, 0.05) is 0 Å². The molecule has 0 spiro atoms. The van der Waals surface area contributed by atoms with Gasteiger partial charge in [0.05, 0.1) is 13.7 Å². The number of nitrogens with one attached hydrogen (secondary N) is 1. The summed E-state index contributed by atoms with van der Waals surface area (Å²) in [5, 5.41) is 2.31. The second-order valence-electron chi connectivity index (χ2n) is 2.79. The van der Waals surface area contributed by atoms with E-state index >= 15 is 0 Å². The van der Waals surface area contributed by atoms with E-state index in [2.05, 4.69) is 14.8 Å². The van der Waals surface area contributed by atoms with Crippen LogP contribution in [-0.2, 0) is 23.9 Å². The first-order valence-electron chi connectivity index (χ1n) is 4.54. The second kappa shape index (κ2) is 6.80. The van der Waals surface area contributed by atoms with Crippen LogP contribution in [-0.4, -0.2) is 37.6 Å². The molecule has 0 rings (SSSR count). The van der Waals surface area contributed by atoms with Gasteiger partial charge >= 0.3 is 11.9 Å². The fourth-order valence-corrected chi connectivity index (χ4v) is 0.871. The maximum Gasteiger partial charge on any atom is 0.328 e. The molecule has 0 saturated heterocycles. The van der Waals surface area contributed by atoms with Gasteiger partial charge in [-0.3, -0.25) is 9.59 Å². The lowest BCUT2D eigenvalue weighted by atomic mass is 10.3. The van der Waals surface area contributed by atoms with Crippen LogP contribution in [0, 0.1) is 0 Å². The van der Waals surface area contributed by atoms with E-state index in [0.29, 0.717) is 0 Å². The molecule has 0 bridgehead atoms. The molecule has 6 nitrogen and oxygen atoms in total. The van der Waals surface area contributed by atoms with Crippen molar-refractivity contribution in [3.05, 3.63) is 0 Å². The molecular weight excluding hydrogens is 202 g/mol. The topological polar surface area (TPSA) is 81.7 Å². The van der Waals surface area contributed by atoms with Crippen LogP contribution in [0.3, 0.4) is 0 Å². The minimum atomic E-state index is -0.767. The molecule has 0 heterocycles. The molecule has 0 aliphatic carbocycles. The second-order valence-corrected chi connectivity index (χ2v) is 2.79. The Labute approximate surface area is 87.9 Å². The van der Waals surface area contributed by atoms with Gasteiger partial charge in [-0.05, 0) is 13.8 Å². The van der Waals surface area contributed by atoms with Crippen LogP contribution >= 0.6 is 0 Å². The largest absolute Gasteiger partial charge is 0.467 e. The Morgan fingerprint density at radius 3 is 2.40 bits per heavy atom. The lowest BCUT2D eigenvalue weighted by Crippen LogP contribution is -2.40. The third kappa shape index (κ3) is 5.66. The molecule has 0 saturated carbocycles. The molecule has 0 aliphatic rings. The normalized spacial score (nSPS) is 11.4. The lowest BCUT2D eigenvalue weighted by Gasteiger charge is -2.10. The Kier molecular flexibility index (Phi) is 6.08. The van der Waals surface area contributed by atoms with Crippen LogP contribution in [0.25, 0.3) is 0 Å². The molecular formula is C9H15NO5. The number of carbonyl (C=O) groups excluding carboxylic acids is 3. The summed E-state index contributed by atoms with van der Waals surface area (Å²) < 4.78 is 8.96. The molecule has 1 amide bonds. The molecule has 0 radical (unpaired) electrons. The summed E-state index contributed by atoms with van der Waals surface area (Å²) in [5.74, 6) is -1.74. The third-order valence-electron chi connectivity index (χ3n) is 1.54. The highest BCUT2D eigenvalue weighted by molar-refractivity contribution is 5.95. The lowest BCUT2D eigenvalue weighted by molar-refractivity contribution is -0.149. The number of methoxy groups -OCH3 is 1. The SMILES string of the molecule is CCOC(=O)CC(=O)N[C@@H](C)C(=O)OC. The molecule has 0 aromatic heterocycles.